The Morgan fingerprint density at radius 2 is 2.09 bits per heavy atom. The number of carbonyl (C=O) groups excluding carboxylic acids is 2. The van der Waals surface area contributed by atoms with Crippen LogP contribution in [0.25, 0.3) is 11.2 Å². The van der Waals surface area contributed by atoms with E-state index in [4.69, 9.17) is 18.5 Å². The van der Waals surface area contributed by atoms with Gasteiger partial charge in [0.25, 0.3) is 13.4 Å². The molecule has 4 rings (SSSR count). The van der Waals surface area contributed by atoms with E-state index in [-0.39, 0.29) is 72.0 Å². The number of H-pyrrole nitrogens is 1. The number of hydrogen-bond donors (Lipinski definition) is 2. The standard InChI is InChI=1S/C18H24N5O9P.Na/c1-3-5-10(24)20-18-21-15-12(16(26)22-18)19-8-23(15)17-14(31-11(25)6-4-2)13-9(30-17)7-29-33(27,28)32-13;/h8-9,13-14,17H,3-7H2,1-2H3,(H,27,28)(H2,20,21,22,24,26);/q;+1/p-1. The summed E-state index contributed by atoms with van der Waals surface area (Å²) in [6.45, 7) is 3.29. The van der Waals surface area contributed by atoms with Crippen LogP contribution in [0.1, 0.15) is 45.8 Å². The number of nitrogens with one attached hydrogen (secondary N) is 2. The summed E-state index contributed by atoms with van der Waals surface area (Å²) in [5.74, 6) is -1.00. The number of anilines is 1. The van der Waals surface area contributed by atoms with Gasteiger partial charge in [-0.3, -0.25) is 33.8 Å². The van der Waals surface area contributed by atoms with Crippen LogP contribution in [0.4, 0.5) is 5.95 Å². The summed E-state index contributed by atoms with van der Waals surface area (Å²) in [5, 5.41) is 2.51. The van der Waals surface area contributed by atoms with E-state index in [1.807, 2.05) is 6.92 Å². The van der Waals surface area contributed by atoms with Crippen LogP contribution in [0.5, 0.6) is 0 Å². The molecule has 180 valence electrons. The molecule has 16 heteroatoms. The van der Waals surface area contributed by atoms with Crippen LogP contribution in [-0.2, 0) is 32.7 Å². The number of aromatic amines is 1. The first kappa shape index (κ1) is 27.0. The molecule has 2 aliphatic rings. The summed E-state index contributed by atoms with van der Waals surface area (Å²) in [7, 11) is -4.61. The third-order valence-corrected chi connectivity index (χ3v) is 6.06. The molecule has 5 unspecified atom stereocenters. The molecule has 4 heterocycles. The second-order valence-corrected chi connectivity index (χ2v) is 8.98. The molecular weight excluding hydrogens is 484 g/mol. The molecule has 0 spiro atoms. The molecule has 2 aliphatic heterocycles. The third kappa shape index (κ3) is 5.60. The van der Waals surface area contributed by atoms with Crippen LogP contribution in [0.3, 0.4) is 0 Å². The number of phosphoric ester groups is 1. The smallest absolute Gasteiger partial charge is 0.756 e. The number of imidazole rings is 1. The number of ether oxygens (including phenoxy) is 2. The van der Waals surface area contributed by atoms with Crippen molar-refractivity contribution in [3.63, 3.8) is 0 Å². The number of rotatable bonds is 7. The number of phosphoric acid groups is 1. The number of amides is 1. The number of aromatic nitrogens is 4. The second kappa shape index (κ2) is 11.0. The molecule has 14 nitrogen and oxygen atoms in total. The Bertz CT molecular complexity index is 1170. The molecule has 0 aliphatic carbocycles. The molecule has 1 amide bonds. The van der Waals surface area contributed by atoms with Crippen molar-refractivity contribution < 1.29 is 67.1 Å². The van der Waals surface area contributed by atoms with E-state index in [0.717, 1.165) is 0 Å². The summed E-state index contributed by atoms with van der Waals surface area (Å²) in [5.41, 5.74) is -0.617. The van der Waals surface area contributed by atoms with Gasteiger partial charge in [-0.25, -0.2) is 4.98 Å². The zero-order valence-electron chi connectivity index (χ0n) is 18.9. The monoisotopic (exact) mass is 507 g/mol. The molecule has 34 heavy (non-hydrogen) atoms. The summed E-state index contributed by atoms with van der Waals surface area (Å²) in [6, 6.07) is 0. The van der Waals surface area contributed by atoms with Crippen LogP contribution in [0, 0.1) is 0 Å². The van der Waals surface area contributed by atoms with E-state index >= 15 is 0 Å². The molecule has 2 N–H and O–H groups in total. The van der Waals surface area contributed by atoms with E-state index in [9.17, 15) is 23.8 Å². The number of hydrogen-bond acceptors (Lipinski definition) is 11. The number of carbonyl (C=O) groups is 2. The minimum atomic E-state index is -4.61. The maximum absolute atomic E-state index is 12.5. The maximum atomic E-state index is 12.5. The predicted molar refractivity (Wildman–Crippen MR) is 109 cm³/mol. The molecule has 0 radical (unpaired) electrons. The fourth-order valence-corrected chi connectivity index (χ4v) is 4.62. The molecule has 2 fully saturated rings. The summed E-state index contributed by atoms with van der Waals surface area (Å²) in [4.78, 5) is 59.3. The van der Waals surface area contributed by atoms with E-state index in [2.05, 4.69) is 20.3 Å². The predicted octanol–water partition coefficient (Wildman–Crippen LogP) is -2.64. The van der Waals surface area contributed by atoms with Gasteiger partial charge in [0, 0.05) is 12.8 Å². The van der Waals surface area contributed by atoms with E-state index < -0.39 is 43.9 Å². The molecule has 2 saturated heterocycles. The minimum absolute atomic E-state index is 0. The Morgan fingerprint density at radius 3 is 2.79 bits per heavy atom. The molecule has 2 aromatic heterocycles. The number of fused-ring (bicyclic) bond motifs is 2. The van der Waals surface area contributed by atoms with Gasteiger partial charge >= 0.3 is 35.5 Å². The van der Waals surface area contributed by atoms with Gasteiger partial charge in [0.15, 0.2) is 23.5 Å². The quantitative estimate of drug-likeness (QED) is 0.227. The molecule has 2 aromatic rings. The zero-order chi connectivity index (χ0) is 23.8. The van der Waals surface area contributed by atoms with Crippen molar-refractivity contribution in [3.05, 3.63) is 16.7 Å². The first-order valence-electron chi connectivity index (χ1n) is 10.5. The van der Waals surface area contributed by atoms with Crippen molar-refractivity contribution in [2.24, 2.45) is 0 Å². The molecule has 0 bridgehead atoms. The van der Waals surface area contributed by atoms with Gasteiger partial charge in [-0.15, -0.1) is 0 Å². The van der Waals surface area contributed by atoms with E-state index in [0.29, 0.717) is 12.8 Å². The van der Waals surface area contributed by atoms with Gasteiger partial charge in [-0.2, -0.15) is 4.98 Å². The fourth-order valence-electron chi connectivity index (χ4n) is 3.67. The number of nitrogens with zero attached hydrogens (tertiary/aromatic N) is 3. The molecule has 5 atom stereocenters. The van der Waals surface area contributed by atoms with Gasteiger partial charge in [-0.05, 0) is 12.8 Å². The van der Waals surface area contributed by atoms with Crippen molar-refractivity contribution in [2.75, 3.05) is 11.9 Å². The van der Waals surface area contributed by atoms with Crippen LogP contribution >= 0.6 is 7.82 Å². The summed E-state index contributed by atoms with van der Waals surface area (Å²) >= 11 is 0. The van der Waals surface area contributed by atoms with Crippen molar-refractivity contribution in [1.29, 1.82) is 0 Å². The van der Waals surface area contributed by atoms with Gasteiger partial charge in [0.2, 0.25) is 11.9 Å². The van der Waals surface area contributed by atoms with Crippen LogP contribution < -0.4 is 45.3 Å². The molecule has 0 aromatic carbocycles. The summed E-state index contributed by atoms with van der Waals surface area (Å²) in [6.07, 6.45) is -1.61. The van der Waals surface area contributed by atoms with Crippen LogP contribution in [-0.4, -0.2) is 56.3 Å². The van der Waals surface area contributed by atoms with E-state index in [1.54, 1.807) is 6.92 Å². The minimum Gasteiger partial charge on any atom is -0.756 e. The van der Waals surface area contributed by atoms with Crippen LogP contribution in [0.15, 0.2) is 11.1 Å². The van der Waals surface area contributed by atoms with Gasteiger partial charge in [-0.1, -0.05) is 13.8 Å². The third-order valence-electron chi connectivity index (χ3n) is 5.10. The van der Waals surface area contributed by atoms with Crippen molar-refractivity contribution in [1.82, 2.24) is 19.5 Å². The Kier molecular flexibility index (Phi) is 8.69. The second-order valence-electron chi connectivity index (χ2n) is 7.62. The van der Waals surface area contributed by atoms with Gasteiger partial charge in [0.05, 0.1) is 12.9 Å². The maximum Gasteiger partial charge on any atom is 1.00 e. The fraction of sp³-hybridized carbons (Fsp3) is 0.611. The van der Waals surface area contributed by atoms with E-state index in [1.165, 1.54) is 10.9 Å². The van der Waals surface area contributed by atoms with Crippen molar-refractivity contribution >= 4 is 36.8 Å². The molecule has 0 saturated carbocycles. The zero-order valence-corrected chi connectivity index (χ0v) is 21.8. The number of esters is 1. The SMILES string of the molecule is CCCC(=O)Nc1nc2c(ncn2C2OC3COP(=O)([O-])OC3C2OC(=O)CCC)c(=O)[nH]1.[Na+]. The van der Waals surface area contributed by atoms with Gasteiger partial charge < -0.3 is 23.4 Å². The van der Waals surface area contributed by atoms with Crippen LogP contribution in [0.2, 0.25) is 0 Å². The average molecular weight is 507 g/mol. The Balaban J connectivity index is 0.00000324. The van der Waals surface area contributed by atoms with Crippen molar-refractivity contribution in [3.8, 4) is 0 Å². The Morgan fingerprint density at radius 1 is 1.35 bits per heavy atom. The summed E-state index contributed by atoms with van der Waals surface area (Å²) < 4.78 is 34.4. The first-order chi connectivity index (χ1) is 15.7. The first-order valence-corrected chi connectivity index (χ1v) is 11.9. The Labute approximate surface area is 215 Å². The van der Waals surface area contributed by atoms with Gasteiger partial charge in [0.1, 0.15) is 12.2 Å². The largest absolute Gasteiger partial charge is 1.00 e. The van der Waals surface area contributed by atoms with Crippen molar-refractivity contribution in [2.45, 2.75) is 64.1 Å². The normalized spacial score (nSPS) is 28.2. The average Bonchev–Trinajstić information content (AvgIpc) is 3.29. The molecular formula is C18H23N5NaO9P. The Hall–Kier alpha value is -1.64. The topological polar surface area (TPSA) is 187 Å².